The van der Waals surface area contributed by atoms with E-state index in [2.05, 4.69) is 12.2 Å². The summed E-state index contributed by atoms with van der Waals surface area (Å²) in [7, 11) is 0. The molecule has 2 N–H and O–H groups in total. The van der Waals surface area contributed by atoms with Crippen LogP contribution in [0.2, 0.25) is 0 Å². The van der Waals surface area contributed by atoms with Gasteiger partial charge in [-0.25, -0.2) is 4.79 Å². The van der Waals surface area contributed by atoms with Crippen LogP contribution in [-0.2, 0) is 20.7 Å². The zero-order valence-corrected chi connectivity index (χ0v) is 10.3. The Labute approximate surface area is 106 Å². The molecule has 0 aliphatic carbocycles. The van der Waals surface area contributed by atoms with Crippen molar-refractivity contribution in [3.05, 3.63) is 29.8 Å². The highest BCUT2D eigenvalue weighted by Gasteiger charge is 2.07. The summed E-state index contributed by atoms with van der Waals surface area (Å²) in [6.07, 6.45) is 1.87. The van der Waals surface area contributed by atoms with Crippen LogP contribution in [0.5, 0.6) is 0 Å². The van der Waals surface area contributed by atoms with Gasteiger partial charge in [0.25, 0.3) is 0 Å². The second-order valence-electron chi connectivity index (χ2n) is 3.84. The molecule has 0 spiro atoms. The zero-order valence-electron chi connectivity index (χ0n) is 10.3. The van der Waals surface area contributed by atoms with Gasteiger partial charge in [-0.15, -0.1) is 0 Å². The molecule has 0 heterocycles. The number of aliphatic carboxylic acids is 1. The van der Waals surface area contributed by atoms with E-state index in [4.69, 9.17) is 9.84 Å². The minimum atomic E-state index is -1.09. The predicted octanol–water partition coefficient (Wildman–Crippen LogP) is 1.68. The van der Waals surface area contributed by atoms with Gasteiger partial charge in [0.2, 0.25) is 5.91 Å². The van der Waals surface area contributed by atoms with Crippen LogP contribution >= 0.6 is 0 Å². The molecule has 0 aromatic heterocycles. The van der Waals surface area contributed by atoms with Crippen molar-refractivity contribution in [2.24, 2.45) is 0 Å². The van der Waals surface area contributed by atoms with Crippen molar-refractivity contribution in [2.75, 3.05) is 18.5 Å². The van der Waals surface area contributed by atoms with Crippen LogP contribution in [0, 0.1) is 0 Å². The highest BCUT2D eigenvalue weighted by molar-refractivity contribution is 5.92. The first-order valence-electron chi connectivity index (χ1n) is 5.80. The maximum absolute atomic E-state index is 11.5. The number of nitrogens with one attached hydrogen (secondary N) is 1. The van der Waals surface area contributed by atoms with Crippen molar-refractivity contribution in [3.63, 3.8) is 0 Å². The third-order valence-corrected chi connectivity index (χ3v) is 2.27. The second-order valence-corrected chi connectivity index (χ2v) is 3.84. The smallest absolute Gasteiger partial charge is 0.329 e. The lowest BCUT2D eigenvalue weighted by molar-refractivity contribution is -0.143. The number of hydrogen-bond acceptors (Lipinski definition) is 3. The second kappa shape index (κ2) is 7.45. The molecule has 0 atom stereocenters. The van der Waals surface area contributed by atoms with E-state index in [9.17, 15) is 9.59 Å². The first kappa shape index (κ1) is 14.2. The number of amides is 1. The number of benzene rings is 1. The molecule has 0 fully saturated rings. The Morgan fingerprint density at radius 2 is 2.00 bits per heavy atom. The summed E-state index contributed by atoms with van der Waals surface area (Å²) in [5, 5.41) is 11.1. The topological polar surface area (TPSA) is 75.6 Å². The minimum absolute atomic E-state index is 0.257. The molecule has 0 bridgehead atoms. The summed E-state index contributed by atoms with van der Waals surface area (Å²) >= 11 is 0. The summed E-state index contributed by atoms with van der Waals surface area (Å²) in [5.41, 5.74) is 1.81. The fourth-order valence-electron chi connectivity index (χ4n) is 1.55. The Balaban J connectivity index is 2.50. The summed E-state index contributed by atoms with van der Waals surface area (Å²) in [5.74, 6) is -1.44. The first-order valence-corrected chi connectivity index (χ1v) is 5.80. The largest absolute Gasteiger partial charge is 0.480 e. The highest BCUT2D eigenvalue weighted by atomic mass is 16.5. The van der Waals surface area contributed by atoms with Gasteiger partial charge in [-0.3, -0.25) is 4.79 Å². The molecule has 5 heteroatoms. The predicted molar refractivity (Wildman–Crippen MR) is 67.5 cm³/mol. The zero-order chi connectivity index (χ0) is 13.4. The number of aryl methyl sites for hydroxylation is 1. The van der Waals surface area contributed by atoms with Gasteiger partial charge in [-0.1, -0.05) is 31.5 Å². The molecule has 1 rings (SSSR count). The number of carboxylic acids is 1. The molecule has 0 saturated carbocycles. The molecule has 0 aliphatic heterocycles. The van der Waals surface area contributed by atoms with E-state index in [0.717, 1.165) is 24.1 Å². The molecule has 0 unspecified atom stereocenters. The van der Waals surface area contributed by atoms with Crippen LogP contribution in [-0.4, -0.2) is 30.2 Å². The minimum Gasteiger partial charge on any atom is -0.480 e. The van der Waals surface area contributed by atoms with Gasteiger partial charge in [-0.2, -0.15) is 0 Å². The monoisotopic (exact) mass is 251 g/mol. The van der Waals surface area contributed by atoms with Crippen molar-refractivity contribution < 1.29 is 19.4 Å². The van der Waals surface area contributed by atoms with E-state index < -0.39 is 12.6 Å². The first-order chi connectivity index (χ1) is 8.63. The van der Waals surface area contributed by atoms with Crippen molar-refractivity contribution in [2.45, 2.75) is 19.8 Å². The van der Waals surface area contributed by atoms with E-state index >= 15 is 0 Å². The molecule has 0 saturated heterocycles. The van der Waals surface area contributed by atoms with Gasteiger partial charge in [0.05, 0.1) is 0 Å². The van der Waals surface area contributed by atoms with Crippen LogP contribution in [0.3, 0.4) is 0 Å². The Hall–Kier alpha value is -1.88. The van der Waals surface area contributed by atoms with Gasteiger partial charge >= 0.3 is 5.97 Å². The van der Waals surface area contributed by atoms with Crippen LogP contribution in [0.4, 0.5) is 5.69 Å². The molecule has 1 aromatic carbocycles. The maximum atomic E-state index is 11.5. The van der Waals surface area contributed by atoms with Gasteiger partial charge in [-0.05, 0) is 18.1 Å². The Morgan fingerprint density at radius 3 is 2.67 bits per heavy atom. The third-order valence-electron chi connectivity index (χ3n) is 2.27. The summed E-state index contributed by atoms with van der Waals surface area (Å²) in [6, 6.07) is 7.53. The molecule has 1 aromatic rings. The summed E-state index contributed by atoms with van der Waals surface area (Å²) in [4.78, 5) is 21.7. The number of carboxylic acid groups (broad SMARTS) is 1. The van der Waals surface area contributed by atoms with Crippen molar-refractivity contribution in [1.29, 1.82) is 0 Å². The lowest BCUT2D eigenvalue weighted by Gasteiger charge is -2.10. The lowest BCUT2D eigenvalue weighted by atomic mass is 10.1. The van der Waals surface area contributed by atoms with Gasteiger partial charge in [0.15, 0.2) is 0 Å². The molecular formula is C13H17NO4. The lowest BCUT2D eigenvalue weighted by Crippen LogP contribution is -2.21. The fraction of sp³-hybridized carbons (Fsp3) is 0.385. The van der Waals surface area contributed by atoms with Crippen LogP contribution in [0.15, 0.2) is 24.3 Å². The van der Waals surface area contributed by atoms with E-state index in [1.165, 1.54) is 0 Å². The third kappa shape index (κ3) is 4.97. The molecule has 5 nitrogen and oxygen atoms in total. The van der Waals surface area contributed by atoms with E-state index in [-0.39, 0.29) is 12.5 Å². The molecule has 98 valence electrons. The fourth-order valence-corrected chi connectivity index (χ4v) is 1.55. The van der Waals surface area contributed by atoms with Gasteiger partial charge in [0, 0.05) is 5.69 Å². The standard InChI is InChI=1S/C13H17NO4/c1-2-5-10-6-3-4-7-11(10)14-12(15)8-18-9-13(16)17/h3-4,6-7H,2,5,8-9H2,1H3,(H,14,15)(H,16,17). The quantitative estimate of drug-likeness (QED) is 0.773. The van der Waals surface area contributed by atoms with Gasteiger partial charge in [0.1, 0.15) is 13.2 Å². The van der Waals surface area contributed by atoms with E-state index in [1.54, 1.807) is 0 Å². The normalized spacial score (nSPS) is 10.1. The van der Waals surface area contributed by atoms with Crippen LogP contribution in [0.25, 0.3) is 0 Å². The van der Waals surface area contributed by atoms with E-state index in [1.807, 2.05) is 24.3 Å². The molecular weight excluding hydrogens is 234 g/mol. The molecule has 0 aliphatic rings. The van der Waals surface area contributed by atoms with Crippen LogP contribution in [0.1, 0.15) is 18.9 Å². The van der Waals surface area contributed by atoms with E-state index in [0.29, 0.717) is 0 Å². The average Bonchev–Trinajstić information content (AvgIpc) is 2.31. The van der Waals surface area contributed by atoms with Crippen molar-refractivity contribution in [3.8, 4) is 0 Å². The Morgan fingerprint density at radius 1 is 1.28 bits per heavy atom. The van der Waals surface area contributed by atoms with Crippen molar-refractivity contribution >= 4 is 17.6 Å². The molecule has 18 heavy (non-hydrogen) atoms. The summed E-state index contributed by atoms with van der Waals surface area (Å²) in [6.45, 7) is 1.34. The average molecular weight is 251 g/mol. The molecule has 0 radical (unpaired) electrons. The number of carbonyl (C=O) groups is 2. The van der Waals surface area contributed by atoms with Crippen molar-refractivity contribution in [1.82, 2.24) is 0 Å². The number of carbonyl (C=O) groups excluding carboxylic acids is 1. The number of ether oxygens (including phenoxy) is 1. The van der Waals surface area contributed by atoms with Crippen LogP contribution < -0.4 is 5.32 Å². The summed E-state index contributed by atoms with van der Waals surface area (Å²) < 4.78 is 4.72. The number of para-hydroxylation sites is 1. The van der Waals surface area contributed by atoms with Gasteiger partial charge < -0.3 is 15.2 Å². The Kier molecular flexibility index (Phi) is 5.87. The maximum Gasteiger partial charge on any atom is 0.329 e. The molecule has 1 amide bonds. The number of hydrogen-bond donors (Lipinski definition) is 2. The highest BCUT2D eigenvalue weighted by Crippen LogP contribution is 2.16. The number of anilines is 1. The SMILES string of the molecule is CCCc1ccccc1NC(=O)COCC(=O)O. The number of rotatable bonds is 7. The Bertz CT molecular complexity index is 417.